The molecule has 3 N–H and O–H groups in total. The summed E-state index contributed by atoms with van der Waals surface area (Å²) >= 11 is 0. The first kappa shape index (κ1) is 54.0. The van der Waals surface area contributed by atoms with Gasteiger partial charge in [0.2, 0.25) is 0 Å². The number of unbranched alkanes of at least 4 members (excludes halogenated alkanes) is 30. The molecule has 0 spiro atoms. The van der Waals surface area contributed by atoms with Crippen LogP contribution < -0.4 is 0 Å². The molecule has 0 aromatic heterocycles. The lowest BCUT2D eigenvalue weighted by molar-refractivity contribution is -0.161. The van der Waals surface area contributed by atoms with Crippen molar-refractivity contribution in [2.45, 2.75) is 244 Å². The number of carbonyl (C=O) groups excluding carboxylic acids is 2. The third-order valence-electron chi connectivity index (χ3n) is 10.3. The number of carbonyl (C=O) groups is 2. The van der Waals surface area contributed by atoms with Crippen LogP contribution in [0.2, 0.25) is 0 Å². The standard InChI is InChI=1S/C44H87O10P/c1-3-5-7-9-11-13-15-16-17-18-19-20-21-22-23-24-25-26-28-30-32-34-36-44(48)54-42(40-53-55(49,50)52-38-41(46)37-45)39-51-43(47)35-33-31-29-27-14-12-10-8-6-4-2/h41-42,45-46H,3-40H2,1-2H3,(H,49,50)/t41-,42+/m0/s1. The van der Waals surface area contributed by atoms with Crippen molar-refractivity contribution in [3.05, 3.63) is 0 Å². The van der Waals surface area contributed by atoms with Crippen LogP contribution in [0, 0.1) is 0 Å². The van der Waals surface area contributed by atoms with Gasteiger partial charge >= 0.3 is 19.8 Å². The Morgan fingerprint density at radius 1 is 0.473 bits per heavy atom. The summed E-state index contributed by atoms with van der Waals surface area (Å²) in [5.74, 6) is -0.911. The molecule has 0 aliphatic rings. The van der Waals surface area contributed by atoms with Crippen molar-refractivity contribution in [1.82, 2.24) is 0 Å². The van der Waals surface area contributed by atoms with E-state index in [4.69, 9.17) is 23.6 Å². The minimum Gasteiger partial charge on any atom is -0.462 e. The predicted molar refractivity (Wildman–Crippen MR) is 224 cm³/mol. The van der Waals surface area contributed by atoms with Crippen molar-refractivity contribution in [3.8, 4) is 0 Å². The Balaban J connectivity index is 4.11. The molecule has 0 aromatic rings. The molecule has 0 aliphatic carbocycles. The first-order chi connectivity index (χ1) is 26.7. The van der Waals surface area contributed by atoms with Crippen LogP contribution in [0.25, 0.3) is 0 Å². The predicted octanol–water partition coefficient (Wildman–Crippen LogP) is 12.2. The minimum absolute atomic E-state index is 0.193. The van der Waals surface area contributed by atoms with Crippen molar-refractivity contribution >= 4 is 19.8 Å². The van der Waals surface area contributed by atoms with Gasteiger partial charge in [-0.15, -0.1) is 0 Å². The number of esters is 2. The number of rotatable bonds is 44. The van der Waals surface area contributed by atoms with E-state index >= 15 is 0 Å². The van der Waals surface area contributed by atoms with Gasteiger partial charge in [-0.3, -0.25) is 18.6 Å². The number of phosphoric acid groups is 1. The monoisotopic (exact) mass is 807 g/mol. The van der Waals surface area contributed by atoms with Gasteiger partial charge in [0.05, 0.1) is 19.8 Å². The fraction of sp³-hybridized carbons (Fsp3) is 0.955. The molecule has 0 rings (SSSR count). The summed E-state index contributed by atoms with van der Waals surface area (Å²) in [6.45, 7) is 2.41. The topological polar surface area (TPSA) is 149 Å². The first-order valence-corrected chi connectivity index (χ1v) is 24.5. The van der Waals surface area contributed by atoms with E-state index in [0.717, 1.165) is 38.5 Å². The number of hydrogen-bond donors (Lipinski definition) is 3. The average molecular weight is 807 g/mol. The second-order valence-electron chi connectivity index (χ2n) is 15.8. The molecular formula is C44H87O10P. The third kappa shape index (κ3) is 40.9. The van der Waals surface area contributed by atoms with E-state index in [9.17, 15) is 24.2 Å². The second kappa shape index (κ2) is 41.1. The van der Waals surface area contributed by atoms with Crippen LogP contribution in [0.3, 0.4) is 0 Å². The number of aliphatic hydroxyl groups is 2. The van der Waals surface area contributed by atoms with Gasteiger partial charge in [-0.1, -0.05) is 206 Å². The fourth-order valence-corrected chi connectivity index (χ4v) is 7.49. The molecule has 0 bridgehead atoms. The summed E-state index contributed by atoms with van der Waals surface area (Å²) in [6, 6.07) is 0. The van der Waals surface area contributed by atoms with E-state index in [0.29, 0.717) is 12.8 Å². The molecule has 0 aromatic carbocycles. The fourth-order valence-electron chi connectivity index (χ4n) is 6.70. The Bertz CT molecular complexity index is 889. The molecule has 0 saturated carbocycles. The Morgan fingerprint density at radius 3 is 1.13 bits per heavy atom. The Kier molecular flexibility index (Phi) is 40.4. The zero-order valence-electron chi connectivity index (χ0n) is 35.7. The zero-order valence-corrected chi connectivity index (χ0v) is 36.6. The second-order valence-corrected chi connectivity index (χ2v) is 17.3. The molecule has 11 heteroatoms. The van der Waals surface area contributed by atoms with Crippen molar-refractivity contribution in [3.63, 3.8) is 0 Å². The van der Waals surface area contributed by atoms with Crippen molar-refractivity contribution in [2.75, 3.05) is 26.4 Å². The van der Waals surface area contributed by atoms with Crippen LogP contribution >= 0.6 is 7.82 Å². The molecule has 10 nitrogen and oxygen atoms in total. The van der Waals surface area contributed by atoms with Gasteiger partial charge in [-0.2, -0.15) is 0 Å². The first-order valence-electron chi connectivity index (χ1n) is 23.0. The maximum atomic E-state index is 12.6. The molecule has 328 valence electrons. The Morgan fingerprint density at radius 2 is 0.782 bits per heavy atom. The van der Waals surface area contributed by atoms with Gasteiger partial charge < -0.3 is 24.6 Å². The number of aliphatic hydroxyl groups excluding tert-OH is 2. The van der Waals surface area contributed by atoms with Crippen LogP contribution in [0.5, 0.6) is 0 Å². The molecule has 1 unspecified atom stereocenters. The molecule has 0 amide bonds. The summed E-state index contributed by atoms with van der Waals surface area (Å²) in [4.78, 5) is 34.9. The van der Waals surface area contributed by atoms with E-state index in [1.807, 2.05) is 0 Å². The van der Waals surface area contributed by atoms with Crippen LogP contribution in [0.4, 0.5) is 0 Å². The normalized spacial score (nSPS) is 13.8. The van der Waals surface area contributed by atoms with E-state index in [2.05, 4.69) is 13.8 Å². The summed E-state index contributed by atoms with van der Waals surface area (Å²) in [6.07, 6.45) is 38.0. The smallest absolute Gasteiger partial charge is 0.462 e. The van der Waals surface area contributed by atoms with Crippen LogP contribution in [-0.4, -0.2) is 65.7 Å². The Hall–Kier alpha value is -1.03. The molecule has 0 aliphatic heterocycles. The lowest BCUT2D eigenvalue weighted by Gasteiger charge is -2.20. The minimum atomic E-state index is -4.61. The highest BCUT2D eigenvalue weighted by atomic mass is 31.2. The molecule has 0 radical (unpaired) electrons. The average Bonchev–Trinajstić information content (AvgIpc) is 3.17. The van der Waals surface area contributed by atoms with Crippen molar-refractivity contribution in [2.24, 2.45) is 0 Å². The highest BCUT2D eigenvalue weighted by Gasteiger charge is 2.27. The van der Waals surface area contributed by atoms with Crippen LogP contribution in [-0.2, 0) is 32.7 Å². The number of phosphoric ester groups is 1. The SMILES string of the molecule is CCCCCCCCCCCCCCCCCCCCCCCCC(=O)O[C@H](COC(=O)CCCCCCCCCCCC)COP(=O)(O)OC[C@@H](O)CO. The quantitative estimate of drug-likeness (QED) is 0.0308. The maximum Gasteiger partial charge on any atom is 0.472 e. The summed E-state index contributed by atoms with van der Waals surface area (Å²) in [5, 5.41) is 18.3. The molecule has 0 heterocycles. The van der Waals surface area contributed by atoms with E-state index in [1.54, 1.807) is 0 Å². The molecule has 0 fully saturated rings. The Labute approximate surface area is 337 Å². The summed E-state index contributed by atoms with van der Waals surface area (Å²) < 4.78 is 32.7. The lowest BCUT2D eigenvalue weighted by atomic mass is 10.0. The van der Waals surface area contributed by atoms with Gasteiger partial charge in [0.15, 0.2) is 6.10 Å². The largest absolute Gasteiger partial charge is 0.472 e. The highest BCUT2D eigenvalue weighted by Crippen LogP contribution is 2.43. The molecule has 3 atom stereocenters. The van der Waals surface area contributed by atoms with Gasteiger partial charge in [0.25, 0.3) is 0 Å². The molecule has 0 saturated heterocycles. The molecule has 55 heavy (non-hydrogen) atoms. The zero-order chi connectivity index (χ0) is 40.5. The van der Waals surface area contributed by atoms with Gasteiger partial charge in [0, 0.05) is 12.8 Å². The lowest BCUT2D eigenvalue weighted by Crippen LogP contribution is -2.29. The van der Waals surface area contributed by atoms with Crippen LogP contribution in [0.1, 0.15) is 232 Å². The van der Waals surface area contributed by atoms with Crippen molar-refractivity contribution in [1.29, 1.82) is 0 Å². The molecular weight excluding hydrogens is 719 g/mol. The van der Waals surface area contributed by atoms with E-state index in [1.165, 1.54) is 154 Å². The number of ether oxygens (including phenoxy) is 2. The summed E-state index contributed by atoms with van der Waals surface area (Å²) in [7, 11) is -4.61. The third-order valence-corrected chi connectivity index (χ3v) is 11.2. The van der Waals surface area contributed by atoms with E-state index in [-0.39, 0.29) is 19.4 Å². The van der Waals surface area contributed by atoms with E-state index < -0.39 is 51.8 Å². The van der Waals surface area contributed by atoms with Gasteiger partial charge in [-0.05, 0) is 12.8 Å². The highest BCUT2D eigenvalue weighted by molar-refractivity contribution is 7.47. The van der Waals surface area contributed by atoms with Crippen molar-refractivity contribution < 1.29 is 47.8 Å². The number of hydrogen-bond acceptors (Lipinski definition) is 9. The summed E-state index contributed by atoms with van der Waals surface area (Å²) in [5.41, 5.74) is 0. The van der Waals surface area contributed by atoms with Crippen LogP contribution in [0.15, 0.2) is 0 Å². The maximum absolute atomic E-state index is 12.6. The van der Waals surface area contributed by atoms with Gasteiger partial charge in [-0.25, -0.2) is 4.57 Å². The van der Waals surface area contributed by atoms with Gasteiger partial charge in [0.1, 0.15) is 12.7 Å².